The SMILES string of the molecule is C#CCCCC(NCC)c1ccc2c(c1)CCC2. The summed E-state index contributed by atoms with van der Waals surface area (Å²) in [6, 6.07) is 7.50. The number of hydrogen-bond acceptors (Lipinski definition) is 1. The van der Waals surface area contributed by atoms with E-state index in [9.17, 15) is 0 Å². The highest BCUT2D eigenvalue weighted by Crippen LogP contribution is 2.27. The molecule has 1 aliphatic carbocycles. The second-order valence-electron chi connectivity index (χ2n) is 5.09. The lowest BCUT2D eigenvalue weighted by atomic mass is 9.97. The maximum atomic E-state index is 5.33. The fraction of sp³-hybridized carbons (Fsp3) is 0.529. The Bertz CT molecular complexity index is 428. The number of unbranched alkanes of at least 4 members (excludes halogenated alkanes) is 1. The molecule has 0 spiro atoms. The zero-order valence-electron chi connectivity index (χ0n) is 11.3. The molecule has 2 rings (SSSR count). The molecule has 96 valence electrons. The van der Waals surface area contributed by atoms with Gasteiger partial charge in [0.15, 0.2) is 0 Å². The molecular formula is C17H23N. The van der Waals surface area contributed by atoms with Crippen LogP contribution in [-0.2, 0) is 12.8 Å². The number of nitrogens with one attached hydrogen (secondary N) is 1. The van der Waals surface area contributed by atoms with Crippen LogP contribution in [-0.4, -0.2) is 6.54 Å². The highest BCUT2D eigenvalue weighted by Gasteiger charge is 2.15. The van der Waals surface area contributed by atoms with Crippen molar-refractivity contribution in [2.24, 2.45) is 0 Å². The van der Waals surface area contributed by atoms with Gasteiger partial charge in [-0.3, -0.25) is 0 Å². The lowest BCUT2D eigenvalue weighted by Gasteiger charge is -2.19. The van der Waals surface area contributed by atoms with Crippen LogP contribution in [0.5, 0.6) is 0 Å². The summed E-state index contributed by atoms with van der Waals surface area (Å²) in [5.74, 6) is 2.73. The van der Waals surface area contributed by atoms with Gasteiger partial charge in [-0.2, -0.15) is 0 Å². The van der Waals surface area contributed by atoms with Crippen LogP contribution in [0.4, 0.5) is 0 Å². The summed E-state index contributed by atoms with van der Waals surface area (Å²) < 4.78 is 0. The molecule has 0 saturated heterocycles. The minimum Gasteiger partial charge on any atom is -0.310 e. The van der Waals surface area contributed by atoms with Crippen LogP contribution in [0.3, 0.4) is 0 Å². The van der Waals surface area contributed by atoms with E-state index in [-0.39, 0.29) is 0 Å². The van der Waals surface area contributed by atoms with Crippen molar-refractivity contribution in [1.29, 1.82) is 0 Å². The van der Waals surface area contributed by atoms with Gasteiger partial charge in [-0.05, 0) is 55.3 Å². The lowest BCUT2D eigenvalue weighted by molar-refractivity contribution is 0.501. The smallest absolute Gasteiger partial charge is 0.0320 e. The van der Waals surface area contributed by atoms with Gasteiger partial charge in [0, 0.05) is 12.5 Å². The van der Waals surface area contributed by atoms with Crippen LogP contribution >= 0.6 is 0 Å². The first kappa shape index (κ1) is 13.2. The molecule has 18 heavy (non-hydrogen) atoms. The Labute approximate surface area is 111 Å². The largest absolute Gasteiger partial charge is 0.310 e. The molecule has 1 aliphatic rings. The number of fused-ring (bicyclic) bond motifs is 1. The summed E-state index contributed by atoms with van der Waals surface area (Å²) in [5.41, 5.74) is 4.56. The third-order valence-electron chi connectivity index (χ3n) is 3.79. The fourth-order valence-electron chi connectivity index (χ4n) is 2.85. The molecule has 1 aromatic carbocycles. The van der Waals surface area contributed by atoms with Gasteiger partial charge in [-0.15, -0.1) is 12.3 Å². The van der Waals surface area contributed by atoms with Crippen LogP contribution in [0.2, 0.25) is 0 Å². The van der Waals surface area contributed by atoms with Gasteiger partial charge < -0.3 is 5.32 Å². The number of aryl methyl sites for hydroxylation is 2. The van der Waals surface area contributed by atoms with Gasteiger partial charge in [0.05, 0.1) is 0 Å². The zero-order valence-corrected chi connectivity index (χ0v) is 11.3. The molecule has 1 unspecified atom stereocenters. The molecule has 1 aromatic rings. The van der Waals surface area contributed by atoms with Crippen molar-refractivity contribution in [3.63, 3.8) is 0 Å². The van der Waals surface area contributed by atoms with Gasteiger partial charge in [-0.1, -0.05) is 25.1 Å². The average molecular weight is 241 g/mol. The number of rotatable bonds is 6. The zero-order chi connectivity index (χ0) is 12.8. The van der Waals surface area contributed by atoms with E-state index >= 15 is 0 Å². The highest BCUT2D eigenvalue weighted by atomic mass is 14.9. The molecule has 0 saturated carbocycles. The van der Waals surface area contributed by atoms with E-state index < -0.39 is 0 Å². The molecule has 0 amide bonds. The second kappa shape index (κ2) is 6.61. The summed E-state index contributed by atoms with van der Waals surface area (Å²) in [5, 5.41) is 3.58. The van der Waals surface area contributed by atoms with Crippen molar-refractivity contribution < 1.29 is 0 Å². The summed E-state index contributed by atoms with van der Waals surface area (Å²) in [4.78, 5) is 0. The first-order valence-corrected chi connectivity index (χ1v) is 7.13. The Morgan fingerprint density at radius 1 is 1.33 bits per heavy atom. The molecule has 0 bridgehead atoms. The lowest BCUT2D eigenvalue weighted by Crippen LogP contribution is -2.21. The van der Waals surface area contributed by atoms with Crippen molar-refractivity contribution in [3.8, 4) is 12.3 Å². The van der Waals surface area contributed by atoms with Gasteiger partial charge in [0.25, 0.3) is 0 Å². The fourth-order valence-corrected chi connectivity index (χ4v) is 2.85. The number of hydrogen-bond donors (Lipinski definition) is 1. The van der Waals surface area contributed by atoms with Gasteiger partial charge >= 0.3 is 0 Å². The maximum Gasteiger partial charge on any atom is 0.0320 e. The van der Waals surface area contributed by atoms with Crippen LogP contribution in [0.1, 0.15) is 55.3 Å². The molecule has 0 radical (unpaired) electrons. The monoisotopic (exact) mass is 241 g/mol. The Balaban J connectivity index is 2.07. The third kappa shape index (κ3) is 3.15. The van der Waals surface area contributed by atoms with E-state index in [4.69, 9.17) is 6.42 Å². The summed E-state index contributed by atoms with van der Waals surface area (Å²) in [7, 11) is 0. The Hall–Kier alpha value is -1.26. The van der Waals surface area contributed by atoms with E-state index in [0.29, 0.717) is 6.04 Å². The van der Waals surface area contributed by atoms with E-state index in [0.717, 1.165) is 25.8 Å². The third-order valence-corrected chi connectivity index (χ3v) is 3.79. The van der Waals surface area contributed by atoms with E-state index in [2.05, 4.69) is 36.4 Å². The van der Waals surface area contributed by atoms with Crippen molar-refractivity contribution in [2.75, 3.05) is 6.54 Å². The molecule has 0 heterocycles. The van der Waals surface area contributed by atoms with Crippen LogP contribution in [0.25, 0.3) is 0 Å². The first-order valence-electron chi connectivity index (χ1n) is 7.13. The van der Waals surface area contributed by atoms with Gasteiger partial charge in [0.1, 0.15) is 0 Å². The highest BCUT2D eigenvalue weighted by molar-refractivity contribution is 5.36. The van der Waals surface area contributed by atoms with E-state index in [1.165, 1.54) is 24.8 Å². The van der Waals surface area contributed by atoms with Crippen molar-refractivity contribution in [1.82, 2.24) is 5.32 Å². The normalized spacial score (nSPS) is 15.1. The molecule has 0 aliphatic heterocycles. The second-order valence-corrected chi connectivity index (χ2v) is 5.09. The van der Waals surface area contributed by atoms with Crippen molar-refractivity contribution >= 4 is 0 Å². The maximum absolute atomic E-state index is 5.33. The first-order chi connectivity index (χ1) is 8.85. The number of benzene rings is 1. The van der Waals surface area contributed by atoms with Gasteiger partial charge in [-0.25, -0.2) is 0 Å². The van der Waals surface area contributed by atoms with E-state index in [1.807, 2.05) is 0 Å². The van der Waals surface area contributed by atoms with Crippen molar-refractivity contribution in [3.05, 3.63) is 34.9 Å². The topological polar surface area (TPSA) is 12.0 Å². The predicted molar refractivity (Wildman–Crippen MR) is 77.6 cm³/mol. The Morgan fingerprint density at radius 3 is 2.94 bits per heavy atom. The minimum atomic E-state index is 0.467. The van der Waals surface area contributed by atoms with Crippen LogP contribution < -0.4 is 5.32 Å². The molecule has 0 fully saturated rings. The van der Waals surface area contributed by atoms with Crippen LogP contribution in [0.15, 0.2) is 18.2 Å². The molecule has 1 nitrogen and oxygen atoms in total. The summed E-state index contributed by atoms with van der Waals surface area (Å²) in [6.45, 7) is 3.18. The minimum absolute atomic E-state index is 0.467. The Kier molecular flexibility index (Phi) is 4.84. The molecule has 1 atom stereocenters. The summed E-state index contributed by atoms with van der Waals surface area (Å²) in [6.07, 6.45) is 12.3. The van der Waals surface area contributed by atoms with Crippen molar-refractivity contribution in [2.45, 2.75) is 51.5 Å². The average Bonchev–Trinajstić information content (AvgIpc) is 2.85. The summed E-state index contributed by atoms with van der Waals surface area (Å²) >= 11 is 0. The molecule has 1 N–H and O–H groups in total. The molecule has 1 heteroatoms. The van der Waals surface area contributed by atoms with Gasteiger partial charge in [0.2, 0.25) is 0 Å². The Morgan fingerprint density at radius 2 is 2.17 bits per heavy atom. The van der Waals surface area contributed by atoms with Crippen LogP contribution in [0, 0.1) is 12.3 Å². The van der Waals surface area contributed by atoms with E-state index in [1.54, 1.807) is 11.1 Å². The number of terminal acetylenes is 1. The molecular weight excluding hydrogens is 218 g/mol. The quantitative estimate of drug-likeness (QED) is 0.592. The predicted octanol–water partition coefficient (Wildman–Crippen LogP) is 3.63. The standard InChI is InChI=1S/C17H23N/c1-3-5-6-10-17(18-4-2)16-12-11-14-8-7-9-15(14)13-16/h1,11-13,17-18H,4-10H2,2H3. The molecule has 0 aromatic heterocycles.